The predicted octanol–water partition coefficient (Wildman–Crippen LogP) is 4.87. The van der Waals surface area contributed by atoms with Gasteiger partial charge in [-0.2, -0.15) is 0 Å². The van der Waals surface area contributed by atoms with E-state index in [1.807, 2.05) is 37.3 Å². The molecular formula is C23H24Cl2N2O4. The van der Waals surface area contributed by atoms with E-state index in [1.165, 1.54) is 0 Å². The Morgan fingerprint density at radius 1 is 1.19 bits per heavy atom. The number of halogens is 2. The smallest absolute Gasteiger partial charge is 0.408 e. The number of piperazine rings is 1. The van der Waals surface area contributed by atoms with Crippen LogP contribution in [0.4, 0.5) is 4.79 Å². The minimum absolute atomic E-state index is 0.159. The molecule has 0 radical (unpaired) electrons. The monoisotopic (exact) mass is 462 g/mol. The number of aryl methyl sites for hydroxylation is 1. The number of benzene rings is 2. The second-order valence-corrected chi connectivity index (χ2v) is 8.61. The van der Waals surface area contributed by atoms with Gasteiger partial charge in [0.15, 0.2) is 5.75 Å². The van der Waals surface area contributed by atoms with Crippen molar-refractivity contribution in [1.82, 2.24) is 10.2 Å². The second kappa shape index (κ2) is 8.99. The van der Waals surface area contributed by atoms with Crippen LogP contribution in [0, 0.1) is 6.92 Å². The van der Waals surface area contributed by atoms with Gasteiger partial charge in [-0.1, -0.05) is 47.5 Å². The first kappa shape index (κ1) is 21.8. The maximum atomic E-state index is 12.0. The van der Waals surface area contributed by atoms with E-state index < -0.39 is 11.6 Å². The van der Waals surface area contributed by atoms with Crippen molar-refractivity contribution in [2.24, 2.45) is 0 Å². The number of ether oxygens (including phenoxy) is 2. The molecular weight excluding hydrogens is 439 g/mol. The fourth-order valence-electron chi connectivity index (χ4n) is 4.34. The van der Waals surface area contributed by atoms with Crippen LogP contribution in [0.1, 0.15) is 17.5 Å². The Morgan fingerprint density at radius 3 is 2.55 bits per heavy atom. The summed E-state index contributed by atoms with van der Waals surface area (Å²) in [6.45, 7) is 3.72. The van der Waals surface area contributed by atoms with Crippen LogP contribution < -0.4 is 14.8 Å². The quantitative estimate of drug-likeness (QED) is 0.473. The average molecular weight is 463 g/mol. The molecule has 0 aliphatic carbocycles. The number of amides is 1. The minimum atomic E-state index is -0.901. The average Bonchev–Trinajstić information content (AvgIpc) is 2.72. The number of fused-ring (bicyclic) bond motifs is 2. The van der Waals surface area contributed by atoms with Gasteiger partial charge in [0, 0.05) is 13.1 Å². The molecule has 0 spiro atoms. The first-order chi connectivity index (χ1) is 14.9. The molecule has 2 bridgehead atoms. The van der Waals surface area contributed by atoms with Gasteiger partial charge < -0.3 is 19.9 Å². The summed E-state index contributed by atoms with van der Waals surface area (Å²) in [4.78, 5) is 13.5. The Morgan fingerprint density at radius 2 is 1.87 bits per heavy atom. The third-order valence-corrected chi connectivity index (χ3v) is 6.28. The molecule has 2 aliphatic rings. The highest BCUT2D eigenvalue weighted by molar-refractivity contribution is 6.37. The topological polar surface area (TPSA) is 71.0 Å². The summed E-state index contributed by atoms with van der Waals surface area (Å²) in [5, 5.41) is 14.1. The van der Waals surface area contributed by atoms with Gasteiger partial charge >= 0.3 is 6.09 Å². The Bertz CT molecular complexity index is 973. The molecule has 2 aliphatic heterocycles. The maximum absolute atomic E-state index is 12.0. The Kier molecular flexibility index (Phi) is 6.32. The molecule has 2 unspecified atom stereocenters. The van der Waals surface area contributed by atoms with Crippen LogP contribution in [0.3, 0.4) is 0 Å². The number of hydrogen-bond acceptors (Lipinski definition) is 4. The van der Waals surface area contributed by atoms with E-state index in [9.17, 15) is 9.90 Å². The first-order valence-electron chi connectivity index (χ1n) is 10.1. The molecule has 2 heterocycles. The van der Waals surface area contributed by atoms with Crippen LogP contribution in [-0.2, 0) is 5.54 Å². The Labute approximate surface area is 191 Å². The number of carbonyl (C=O) groups is 1. The van der Waals surface area contributed by atoms with Crippen LogP contribution in [0.25, 0.3) is 0 Å². The van der Waals surface area contributed by atoms with Gasteiger partial charge in [-0.3, -0.25) is 4.90 Å². The lowest BCUT2D eigenvalue weighted by atomic mass is 9.79. The molecule has 0 saturated carbocycles. The Balaban J connectivity index is 1.40. The highest BCUT2D eigenvalue weighted by Gasteiger charge is 2.48. The lowest BCUT2D eigenvalue weighted by molar-refractivity contribution is 0.0273. The van der Waals surface area contributed by atoms with E-state index in [-0.39, 0.29) is 12.6 Å². The van der Waals surface area contributed by atoms with Gasteiger partial charge in [-0.05, 0) is 48.7 Å². The third kappa shape index (κ3) is 4.33. The van der Waals surface area contributed by atoms with Gasteiger partial charge in [-0.25, -0.2) is 4.79 Å². The van der Waals surface area contributed by atoms with Crippen molar-refractivity contribution in [2.75, 3.05) is 26.3 Å². The summed E-state index contributed by atoms with van der Waals surface area (Å²) < 4.78 is 11.5. The summed E-state index contributed by atoms with van der Waals surface area (Å²) in [6.07, 6.45) is 3.77. The summed E-state index contributed by atoms with van der Waals surface area (Å²) in [5.74, 6) is 1.13. The molecule has 8 heteroatoms. The number of hydrogen-bond donors (Lipinski definition) is 2. The standard InChI is InChI=1S/C23H24Cl2N2O4/c1-15-11-19(24)21(20(25)12-15)31-10-9-30-18-6-4-16(5-7-18)23-8-2-3-17(13-26-14-23)27(23)22(28)29/h2-7,11-12,17,26H,8-10,13-14H2,1H3,(H,28,29). The van der Waals surface area contributed by atoms with Crippen molar-refractivity contribution in [3.63, 3.8) is 0 Å². The molecule has 0 aromatic heterocycles. The highest BCUT2D eigenvalue weighted by Crippen LogP contribution is 2.40. The molecule has 1 amide bonds. The molecule has 2 aromatic rings. The van der Waals surface area contributed by atoms with Crippen molar-refractivity contribution in [2.45, 2.75) is 24.9 Å². The zero-order valence-electron chi connectivity index (χ0n) is 17.1. The summed E-state index contributed by atoms with van der Waals surface area (Å²) in [5.41, 5.74) is 1.30. The van der Waals surface area contributed by atoms with Crippen LogP contribution in [0.2, 0.25) is 10.0 Å². The van der Waals surface area contributed by atoms with E-state index in [0.717, 1.165) is 11.1 Å². The first-order valence-corrected chi connectivity index (χ1v) is 10.9. The molecule has 164 valence electrons. The van der Waals surface area contributed by atoms with Gasteiger partial charge in [0.05, 0.1) is 21.6 Å². The molecule has 31 heavy (non-hydrogen) atoms. The van der Waals surface area contributed by atoms with E-state index in [4.69, 9.17) is 32.7 Å². The lowest BCUT2D eigenvalue weighted by Gasteiger charge is -2.51. The molecule has 1 saturated heterocycles. The second-order valence-electron chi connectivity index (χ2n) is 7.79. The number of nitrogens with zero attached hydrogens (tertiary/aromatic N) is 1. The maximum Gasteiger partial charge on any atom is 0.408 e. The molecule has 2 atom stereocenters. The van der Waals surface area contributed by atoms with Crippen LogP contribution in [-0.4, -0.2) is 48.4 Å². The van der Waals surface area contributed by atoms with Gasteiger partial charge in [0.25, 0.3) is 0 Å². The zero-order valence-corrected chi connectivity index (χ0v) is 18.6. The summed E-state index contributed by atoms with van der Waals surface area (Å²) >= 11 is 12.4. The molecule has 2 N–H and O–H groups in total. The predicted molar refractivity (Wildman–Crippen MR) is 121 cm³/mol. The van der Waals surface area contributed by atoms with Crippen molar-refractivity contribution in [3.05, 3.63) is 69.7 Å². The minimum Gasteiger partial charge on any atom is -0.490 e. The number of carboxylic acid groups (broad SMARTS) is 1. The van der Waals surface area contributed by atoms with Crippen molar-refractivity contribution >= 4 is 29.3 Å². The lowest BCUT2D eigenvalue weighted by Crippen LogP contribution is -2.65. The van der Waals surface area contributed by atoms with Gasteiger partial charge in [0.2, 0.25) is 0 Å². The van der Waals surface area contributed by atoms with Crippen LogP contribution in [0.5, 0.6) is 11.5 Å². The summed E-state index contributed by atoms with van der Waals surface area (Å²) in [6, 6.07) is 11.0. The van der Waals surface area contributed by atoms with Gasteiger partial charge in [0.1, 0.15) is 19.0 Å². The van der Waals surface area contributed by atoms with Crippen molar-refractivity contribution in [3.8, 4) is 11.5 Å². The number of rotatable bonds is 6. The van der Waals surface area contributed by atoms with Crippen LogP contribution >= 0.6 is 23.2 Å². The zero-order chi connectivity index (χ0) is 22.0. The largest absolute Gasteiger partial charge is 0.490 e. The fraction of sp³-hybridized carbons (Fsp3) is 0.348. The van der Waals surface area contributed by atoms with E-state index in [1.54, 1.807) is 17.0 Å². The van der Waals surface area contributed by atoms with E-state index in [2.05, 4.69) is 11.4 Å². The molecule has 2 aromatic carbocycles. The molecule has 1 fully saturated rings. The SMILES string of the molecule is Cc1cc(Cl)c(OCCOc2ccc(C34CC=CC(CNC3)N4C(=O)O)cc2)c(Cl)c1. The van der Waals surface area contributed by atoms with Crippen LogP contribution in [0.15, 0.2) is 48.6 Å². The van der Waals surface area contributed by atoms with Gasteiger partial charge in [-0.15, -0.1) is 0 Å². The fourth-order valence-corrected chi connectivity index (χ4v) is 5.04. The van der Waals surface area contributed by atoms with Crippen molar-refractivity contribution < 1.29 is 19.4 Å². The highest BCUT2D eigenvalue weighted by atomic mass is 35.5. The third-order valence-electron chi connectivity index (χ3n) is 5.72. The number of nitrogens with one attached hydrogen (secondary N) is 1. The van der Waals surface area contributed by atoms with Crippen molar-refractivity contribution in [1.29, 1.82) is 0 Å². The molecule has 6 nitrogen and oxygen atoms in total. The molecule has 4 rings (SSSR count). The summed E-state index contributed by atoms with van der Waals surface area (Å²) in [7, 11) is 0. The Hall–Kier alpha value is -2.41. The van der Waals surface area contributed by atoms with E-state index in [0.29, 0.717) is 47.7 Å². The normalized spacial score (nSPS) is 22.3. The van der Waals surface area contributed by atoms with E-state index >= 15 is 0 Å².